The Bertz CT molecular complexity index is 482. The van der Waals surface area contributed by atoms with Crippen LogP contribution in [0.15, 0.2) is 33.4 Å². The molecule has 0 amide bonds. The second-order valence-corrected chi connectivity index (χ2v) is 4.79. The molecule has 2 N–H and O–H groups in total. The largest absolute Gasteiger partial charge is 0.384 e. The fourth-order valence-corrected chi connectivity index (χ4v) is 2.16. The van der Waals surface area contributed by atoms with Crippen LogP contribution in [0.1, 0.15) is 5.56 Å². The van der Waals surface area contributed by atoms with E-state index in [4.69, 9.17) is 5.73 Å². The predicted octanol–water partition coefficient (Wildman–Crippen LogP) is 2.07. The Kier molecular flexibility index (Phi) is 3.35. The number of aromatic nitrogens is 4. The zero-order valence-electron chi connectivity index (χ0n) is 8.38. The Labute approximate surface area is 105 Å². The topological polar surface area (TPSA) is 77.6 Å². The summed E-state index contributed by atoms with van der Waals surface area (Å²) in [6.07, 6.45) is 3.49. The van der Waals surface area contributed by atoms with Gasteiger partial charge >= 0.3 is 0 Å². The Hall–Kier alpha value is -1.21. The van der Waals surface area contributed by atoms with Gasteiger partial charge < -0.3 is 5.73 Å². The molecule has 0 aliphatic carbocycles. The highest BCUT2D eigenvalue weighted by Crippen LogP contribution is 2.23. The molecule has 0 unspecified atom stereocenters. The van der Waals surface area contributed by atoms with Crippen molar-refractivity contribution in [2.24, 2.45) is 0 Å². The van der Waals surface area contributed by atoms with Gasteiger partial charge in [0.1, 0.15) is 10.4 Å². The van der Waals surface area contributed by atoms with Gasteiger partial charge in [0.25, 0.3) is 0 Å². The van der Waals surface area contributed by atoms with Crippen LogP contribution in [0, 0.1) is 6.92 Å². The number of nitrogen functional groups attached to an aromatic ring is 1. The average Bonchev–Trinajstić information content (AvgIpc) is 2.20. The van der Waals surface area contributed by atoms with E-state index in [2.05, 4.69) is 35.9 Å². The van der Waals surface area contributed by atoms with Crippen LogP contribution in [0.3, 0.4) is 0 Å². The Morgan fingerprint density at radius 3 is 2.50 bits per heavy atom. The van der Waals surface area contributed by atoms with Crippen molar-refractivity contribution in [1.29, 1.82) is 0 Å². The fraction of sp³-hybridized carbons (Fsp3) is 0.111. The zero-order valence-corrected chi connectivity index (χ0v) is 10.8. The summed E-state index contributed by atoms with van der Waals surface area (Å²) in [5, 5.41) is 1.12. The number of hydrogen-bond acceptors (Lipinski definition) is 6. The Morgan fingerprint density at radius 1 is 1.19 bits per heavy atom. The summed E-state index contributed by atoms with van der Waals surface area (Å²) in [4.78, 5) is 16.5. The first-order chi connectivity index (χ1) is 7.63. The normalized spacial score (nSPS) is 10.4. The summed E-state index contributed by atoms with van der Waals surface area (Å²) in [5.41, 5.74) is 6.61. The number of nitrogens with zero attached hydrogens (tertiary/aromatic N) is 4. The van der Waals surface area contributed by atoms with E-state index < -0.39 is 0 Å². The molecule has 0 saturated heterocycles. The van der Waals surface area contributed by atoms with Crippen molar-refractivity contribution in [3.63, 3.8) is 0 Å². The molecular formula is C9H8BrN5S. The van der Waals surface area contributed by atoms with Gasteiger partial charge in [-0.3, -0.25) is 0 Å². The summed E-state index contributed by atoms with van der Waals surface area (Å²) in [7, 11) is 0. The maximum atomic E-state index is 5.60. The van der Waals surface area contributed by atoms with Crippen molar-refractivity contribution in [3.8, 4) is 0 Å². The van der Waals surface area contributed by atoms with Crippen LogP contribution in [-0.4, -0.2) is 19.9 Å². The van der Waals surface area contributed by atoms with Crippen molar-refractivity contribution in [2.75, 3.05) is 5.73 Å². The van der Waals surface area contributed by atoms with Crippen LogP contribution in [0.5, 0.6) is 0 Å². The smallest absolute Gasteiger partial charge is 0.198 e. The molecule has 0 saturated carbocycles. The van der Waals surface area contributed by atoms with E-state index in [0.29, 0.717) is 20.7 Å². The molecule has 7 heteroatoms. The van der Waals surface area contributed by atoms with Crippen molar-refractivity contribution < 1.29 is 0 Å². The molecule has 2 aromatic rings. The van der Waals surface area contributed by atoms with Gasteiger partial charge in [-0.15, -0.1) is 0 Å². The molecule has 0 spiro atoms. The molecule has 82 valence electrons. The van der Waals surface area contributed by atoms with Gasteiger partial charge in [-0.1, -0.05) is 0 Å². The van der Waals surface area contributed by atoms with Crippen molar-refractivity contribution >= 4 is 33.5 Å². The van der Waals surface area contributed by atoms with Crippen LogP contribution in [-0.2, 0) is 0 Å². The Morgan fingerprint density at radius 2 is 1.88 bits per heavy atom. The minimum Gasteiger partial charge on any atom is -0.384 e. The van der Waals surface area contributed by atoms with Crippen LogP contribution in [0.25, 0.3) is 0 Å². The molecular weight excluding hydrogens is 290 g/mol. The standard InChI is InChI=1S/C9H8BrN5S/c1-5-3-12-8(13-4-5)16-9-14-6(10)2-7(11)15-9/h2-4H,1H3,(H2,11,14,15). The molecule has 5 nitrogen and oxygen atoms in total. The highest BCUT2D eigenvalue weighted by Gasteiger charge is 2.05. The molecule has 0 bridgehead atoms. The first kappa shape index (κ1) is 11.3. The fourth-order valence-electron chi connectivity index (χ4n) is 0.974. The minimum absolute atomic E-state index is 0.413. The molecule has 0 aromatic carbocycles. The molecule has 0 aliphatic heterocycles. The van der Waals surface area contributed by atoms with Crippen molar-refractivity contribution in [3.05, 3.63) is 28.6 Å². The van der Waals surface area contributed by atoms with E-state index in [1.165, 1.54) is 11.8 Å². The van der Waals surface area contributed by atoms with E-state index in [9.17, 15) is 0 Å². The molecule has 0 fully saturated rings. The number of anilines is 1. The highest BCUT2D eigenvalue weighted by molar-refractivity contribution is 9.10. The SMILES string of the molecule is Cc1cnc(Sc2nc(N)cc(Br)n2)nc1. The van der Waals surface area contributed by atoms with Gasteiger partial charge in [-0.2, -0.15) is 0 Å². The minimum atomic E-state index is 0.413. The van der Waals surface area contributed by atoms with Gasteiger partial charge in [0.15, 0.2) is 10.3 Å². The predicted molar refractivity (Wildman–Crippen MR) is 65.0 cm³/mol. The van der Waals surface area contributed by atoms with Gasteiger partial charge in [0, 0.05) is 18.5 Å². The monoisotopic (exact) mass is 297 g/mol. The maximum Gasteiger partial charge on any atom is 0.198 e. The number of nitrogens with two attached hydrogens (primary N) is 1. The third-order valence-electron chi connectivity index (χ3n) is 1.63. The summed E-state index contributed by atoms with van der Waals surface area (Å²) in [5.74, 6) is 0.413. The lowest BCUT2D eigenvalue weighted by Crippen LogP contribution is -1.96. The average molecular weight is 298 g/mol. The van der Waals surface area contributed by atoms with Gasteiger partial charge in [0.2, 0.25) is 0 Å². The van der Waals surface area contributed by atoms with Gasteiger partial charge in [-0.05, 0) is 40.2 Å². The highest BCUT2D eigenvalue weighted by atomic mass is 79.9. The van der Waals surface area contributed by atoms with Crippen LogP contribution >= 0.6 is 27.7 Å². The van der Waals surface area contributed by atoms with Crippen LogP contribution in [0.2, 0.25) is 0 Å². The number of rotatable bonds is 2. The first-order valence-corrected chi connectivity index (χ1v) is 6.01. The Balaban J connectivity index is 2.23. The molecule has 2 aromatic heterocycles. The van der Waals surface area contributed by atoms with Gasteiger partial charge in [0.05, 0.1) is 0 Å². The second kappa shape index (κ2) is 4.75. The molecule has 2 rings (SSSR count). The molecule has 0 atom stereocenters. The zero-order chi connectivity index (χ0) is 11.5. The van der Waals surface area contributed by atoms with E-state index in [1.54, 1.807) is 18.5 Å². The summed E-state index contributed by atoms with van der Waals surface area (Å²) >= 11 is 4.52. The summed E-state index contributed by atoms with van der Waals surface area (Å²) in [6.45, 7) is 1.93. The molecule has 16 heavy (non-hydrogen) atoms. The summed E-state index contributed by atoms with van der Waals surface area (Å²) in [6, 6.07) is 1.64. The van der Waals surface area contributed by atoms with Crippen LogP contribution < -0.4 is 5.73 Å². The van der Waals surface area contributed by atoms with Crippen molar-refractivity contribution in [1.82, 2.24) is 19.9 Å². The molecule has 2 heterocycles. The molecule has 0 aliphatic rings. The third-order valence-corrected chi connectivity index (χ3v) is 2.80. The molecule has 0 radical (unpaired) electrons. The number of aryl methyl sites for hydroxylation is 1. The lowest BCUT2D eigenvalue weighted by molar-refractivity contribution is 0.915. The van der Waals surface area contributed by atoms with Crippen molar-refractivity contribution in [2.45, 2.75) is 17.2 Å². The van der Waals surface area contributed by atoms with E-state index in [0.717, 1.165) is 5.56 Å². The quantitative estimate of drug-likeness (QED) is 0.675. The lowest BCUT2D eigenvalue weighted by atomic mass is 10.4. The number of hydrogen-bond donors (Lipinski definition) is 1. The van der Waals surface area contributed by atoms with E-state index in [-0.39, 0.29) is 0 Å². The lowest BCUT2D eigenvalue weighted by Gasteiger charge is -2.00. The van der Waals surface area contributed by atoms with E-state index >= 15 is 0 Å². The summed E-state index contributed by atoms with van der Waals surface area (Å²) < 4.78 is 0.648. The third kappa shape index (κ3) is 2.89. The number of halogens is 1. The van der Waals surface area contributed by atoms with Gasteiger partial charge in [-0.25, -0.2) is 19.9 Å². The van der Waals surface area contributed by atoms with Crippen LogP contribution in [0.4, 0.5) is 5.82 Å². The second-order valence-electron chi connectivity index (χ2n) is 3.04. The van der Waals surface area contributed by atoms with E-state index in [1.807, 2.05) is 6.92 Å². The first-order valence-electron chi connectivity index (χ1n) is 4.40. The maximum absolute atomic E-state index is 5.60.